The number of aromatic nitrogens is 1. The van der Waals surface area contributed by atoms with E-state index in [1.54, 1.807) is 25.7 Å². The van der Waals surface area contributed by atoms with Crippen LogP contribution in [-0.4, -0.2) is 24.2 Å². The second-order valence-corrected chi connectivity index (χ2v) is 3.50. The van der Waals surface area contributed by atoms with Crippen molar-refractivity contribution in [3.63, 3.8) is 0 Å². The molecule has 0 aliphatic rings. The number of methoxy groups -OCH3 is 1. The molecule has 4 nitrogen and oxygen atoms in total. The molecule has 4 heteroatoms. The van der Waals surface area contributed by atoms with Crippen molar-refractivity contribution < 1.29 is 4.74 Å². The first-order valence-electron chi connectivity index (χ1n) is 5.50. The highest BCUT2D eigenvalue weighted by atomic mass is 16.5. The zero-order valence-corrected chi connectivity index (χ0v) is 10.0. The number of pyridine rings is 1. The van der Waals surface area contributed by atoms with Crippen molar-refractivity contribution in [3.8, 4) is 0 Å². The molecule has 1 aromatic carbocycles. The van der Waals surface area contributed by atoms with Gasteiger partial charge in [-0.1, -0.05) is 30.3 Å². The molecule has 1 heterocycles. The zero-order chi connectivity index (χ0) is 12.6. The van der Waals surface area contributed by atoms with Crippen LogP contribution in [0.15, 0.2) is 65.1 Å². The third kappa shape index (κ3) is 3.25. The number of ether oxygens (including phenoxy) is 1. The van der Waals surface area contributed by atoms with Gasteiger partial charge in [-0.05, 0) is 17.7 Å². The topological polar surface area (TPSA) is 46.8 Å². The van der Waals surface area contributed by atoms with E-state index in [0.717, 1.165) is 11.1 Å². The van der Waals surface area contributed by atoms with Gasteiger partial charge in [-0.3, -0.25) is 4.98 Å². The number of nitrogens with zero attached hydrogens (tertiary/aromatic N) is 3. The summed E-state index contributed by atoms with van der Waals surface area (Å²) in [5.74, 6) is 0.463. The summed E-state index contributed by atoms with van der Waals surface area (Å²) in [5, 5.41) is 8.05. The first kappa shape index (κ1) is 12.0. The van der Waals surface area contributed by atoms with Crippen LogP contribution in [0.3, 0.4) is 0 Å². The van der Waals surface area contributed by atoms with E-state index in [1.165, 1.54) is 0 Å². The standard InChI is InChI=1S/C14H13N3O/c1-18-14(13-7-9-15-10-8-13)17-16-11-12-5-3-2-4-6-12/h2-11H,1H3/b16-11+,17-14+. The molecule has 0 radical (unpaired) electrons. The summed E-state index contributed by atoms with van der Waals surface area (Å²) >= 11 is 0. The molecule has 90 valence electrons. The summed E-state index contributed by atoms with van der Waals surface area (Å²) in [7, 11) is 1.57. The maximum absolute atomic E-state index is 5.18. The third-order valence-corrected chi connectivity index (χ3v) is 2.28. The fourth-order valence-electron chi connectivity index (χ4n) is 1.40. The molecule has 0 saturated carbocycles. The van der Waals surface area contributed by atoms with Crippen LogP contribution in [-0.2, 0) is 4.74 Å². The first-order valence-corrected chi connectivity index (χ1v) is 5.50. The van der Waals surface area contributed by atoms with E-state index in [9.17, 15) is 0 Å². The quantitative estimate of drug-likeness (QED) is 0.469. The average Bonchev–Trinajstić information content (AvgIpc) is 2.46. The van der Waals surface area contributed by atoms with Crippen molar-refractivity contribution in [1.29, 1.82) is 0 Å². The number of hydrogen-bond acceptors (Lipinski definition) is 4. The van der Waals surface area contributed by atoms with Crippen LogP contribution in [0, 0.1) is 0 Å². The van der Waals surface area contributed by atoms with E-state index >= 15 is 0 Å². The van der Waals surface area contributed by atoms with E-state index in [4.69, 9.17) is 4.74 Å². The summed E-state index contributed by atoms with van der Waals surface area (Å²) < 4.78 is 5.18. The second kappa shape index (κ2) is 6.30. The Morgan fingerprint density at radius 3 is 2.50 bits per heavy atom. The Bertz CT molecular complexity index is 535. The van der Waals surface area contributed by atoms with Crippen molar-refractivity contribution in [2.75, 3.05) is 7.11 Å². The van der Waals surface area contributed by atoms with Crippen LogP contribution in [0.2, 0.25) is 0 Å². The van der Waals surface area contributed by atoms with Gasteiger partial charge in [0.15, 0.2) is 0 Å². The lowest BCUT2D eigenvalue weighted by Crippen LogP contribution is -2.02. The van der Waals surface area contributed by atoms with Gasteiger partial charge < -0.3 is 4.74 Å². The van der Waals surface area contributed by atoms with Crippen LogP contribution in [0.4, 0.5) is 0 Å². The van der Waals surface area contributed by atoms with Crippen LogP contribution < -0.4 is 0 Å². The maximum atomic E-state index is 5.18. The lowest BCUT2D eigenvalue weighted by Gasteiger charge is -2.01. The van der Waals surface area contributed by atoms with E-state index < -0.39 is 0 Å². The van der Waals surface area contributed by atoms with Crippen molar-refractivity contribution in [2.45, 2.75) is 0 Å². The normalized spacial score (nSPS) is 11.7. The smallest absolute Gasteiger partial charge is 0.240 e. The van der Waals surface area contributed by atoms with Gasteiger partial charge in [-0.25, -0.2) is 0 Å². The predicted octanol–water partition coefficient (Wildman–Crippen LogP) is 2.51. The summed E-state index contributed by atoms with van der Waals surface area (Å²) in [6.07, 6.45) is 5.05. The molecule has 2 aromatic rings. The SMILES string of the molecule is CO/C(=N/N=C/c1ccccc1)c1ccncc1. The molecular formula is C14H13N3O. The Kier molecular flexibility index (Phi) is 4.19. The summed E-state index contributed by atoms with van der Waals surface area (Å²) in [6.45, 7) is 0. The van der Waals surface area contributed by atoms with Gasteiger partial charge in [-0.2, -0.15) is 5.10 Å². The molecule has 2 rings (SSSR count). The number of benzene rings is 1. The molecule has 0 saturated heterocycles. The van der Waals surface area contributed by atoms with E-state index in [-0.39, 0.29) is 0 Å². The van der Waals surface area contributed by atoms with E-state index in [0.29, 0.717) is 5.90 Å². The lowest BCUT2D eigenvalue weighted by atomic mass is 10.2. The highest BCUT2D eigenvalue weighted by Crippen LogP contribution is 2.01. The van der Waals surface area contributed by atoms with E-state index in [2.05, 4.69) is 15.2 Å². The Balaban J connectivity index is 2.14. The summed E-state index contributed by atoms with van der Waals surface area (Å²) in [4.78, 5) is 3.94. The van der Waals surface area contributed by atoms with Gasteiger partial charge in [0.2, 0.25) is 5.90 Å². The van der Waals surface area contributed by atoms with Crippen molar-refractivity contribution in [2.24, 2.45) is 10.2 Å². The third-order valence-electron chi connectivity index (χ3n) is 2.28. The minimum Gasteiger partial charge on any atom is -0.479 e. The van der Waals surface area contributed by atoms with Crippen LogP contribution >= 0.6 is 0 Å². The van der Waals surface area contributed by atoms with Crippen molar-refractivity contribution >= 4 is 12.1 Å². The highest BCUT2D eigenvalue weighted by Gasteiger charge is 2.00. The molecule has 0 fully saturated rings. The Morgan fingerprint density at radius 1 is 1.11 bits per heavy atom. The fourth-order valence-corrected chi connectivity index (χ4v) is 1.40. The van der Waals surface area contributed by atoms with Crippen LogP contribution in [0.25, 0.3) is 0 Å². The van der Waals surface area contributed by atoms with Gasteiger partial charge in [-0.15, -0.1) is 5.10 Å². The molecule has 0 amide bonds. The average molecular weight is 239 g/mol. The molecule has 0 atom stereocenters. The Labute approximate surface area is 106 Å². The Morgan fingerprint density at radius 2 is 1.83 bits per heavy atom. The minimum absolute atomic E-state index is 0.463. The molecule has 0 aliphatic heterocycles. The molecule has 18 heavy (non-hydrogen) atoms. The maximum Gasteiger partial charge on any atom is 0.240 e. The molecule has 0 spiro atoms. The molecule has 0 N–H and O–H groups in total. The molecular weight excluding hydrogens is 226 g/mol. The van der Waals surface area contributed by atoms with Crippen molar-refractivity contribution in [3.05, 3.63) is 66.0 Å². The van der Waals surface area contributed by atoms with Gasteiger partial charge >= 0.3 is 0 Å². The molecule has 1 aromatic heterocycles. The molecule has 0 bridgehead atoms. The van der Waals surface area contributed by atoms with Crippen LogP contribution in [0.5, 0.6) is 0 Å². The van der Waals surface area contributed by atoms with Gasteiger partial charge in [0, 0.05) is 18.0 Å². The largest absolute Gasteiger partial charge is 0.479 e. The Hall–Kier alpha value is -2.49. The first-order chi connectivity index (χ1) is 8.90. The highest BCUT2D eigenvalue weighted by molar-refractivity contribution is 5.94. The predicted molar refractivity (Wildman–Crippen MR) is 71.8 cm³/mol. The number of hydrogen-bond donors (Lipinski definition) is 0. The van der Waals surface area contributed by atoms with Crippen LogP contribution in [0.1, 0.15) is 11.1 Å². The second-order valence-electron chi connectivity index (χ2n) is 3.50. The van der Waals surface area contributed by atoms with E-state index in [1.807, 2.05) is 42.5 Å². The fraction of sp³-hybridized carbons (Fsp3) is 0.0714. The zero-order valence-electron chi connectivity index (χ0n) is 10.0. The monoisotopic (exact) mass is 239 g/mol. The lowest BCUT2D eigenvalue weighted by molar-refractivity contribution is 0.403. The van der Waals surface area contributed by atoms with Crippen molar-refractivity contribution in [1.82, 2.24) is 4.98 Å². The summed E-state index contributed by atoms with van der Waals surface area (Å²) in [6, 6.07) is 13.4. The molecule has 0 unspecified atom stereocenters. The number of rotatable bonds is 3. The van der Waals surface area contributed by atoms with Gasteiger partial charge in [0.05, 0.1) is 13.3 Å². The minimum atomic E-state index is 0.463. The molecule has 0 aliphatic carbocycles. The summed E-state index contributed by atoms with van der Waals surface area (Å²) in [5.41, 5.74) is 1.84. The van der Waals surface area contributed by atoms with Gasteiger partial charge in [0.1, 0.15) is 0 Å². The van der Waals surface area contributed by atoms with Gasteiger partial charge in [0.25, 0.3) is 0 Å².